The highest BCUT2D eigenvalue weighted by atomic mass is 16.6. The number of esters is 1. The average molecular weight is 293 g/mol. The molecule has 1 aromatic rings. The third-order valence-corrected chi connectivity index (χ3v) is 3.47. The normalized spacial score (nSPS) is 16.9. The van der Waals surface area contributed by atoms with E-state index >= 15 is 0 Å². The molecule has 0 aliphatic carbocycles. The van der Waals surface area contributed by atoms with E-state index in [4.69, 9.17) is 14.2 Å². The van der Waals surface area contributed by atoms with E-state index in [0.29, 0.717) is 33.0 Å². The maximum Gasteiger partial charge on any atom is 0.311 e. The number of benzene rings is 1. The van der Waals surface area contributed by atoms with Crippen molar-refractivity contribution in [1.82, 2.24) is 0 Å². The highest BCUT2D eigenvalue weighted by molar-refractivity contribution is 5.75. The summed E-state index contributed by atoms with van der Waals surface area (Å²) < 4.78 is 15.5. The van der Waals surface area contributed by atoms with Crippen LogP contribution in [0.1, 0.15) is 12.0 Å². The molecule has 0 spiro atoms. The molecule has 21 heavy (non-hydrogen) atoms. The minimum atomic E-state index is -0.155. The number of carbonyl (C=O) groups is 1. The summed E-state index contributed by atoms with van der Waals surface area (Å²) in [7, 11) is 1.66. The fraction of sp³-hybridized carbons (Fsp3) is 0.562. The maximum absolute atomic E-state index is 12.0. The SMILES string of the molecule is COCCCOCCOC(=O)C1CNc2ccccc2C1. The molecule has 0 fully saturated rings. The molecule has 1 aliphatic heterocycles. The smallest absolute Gasteiger partial charge is 0.311 e. The van der Waals surface area contributed by atoms with Gasteiger partial charge in [0.05, 0.1) is 12.5 Å². The van der Waals surface area contributed by atoms with Gasteiger partial charge in [-0.05, 0) is 24.5 Å². The minimum Gasteiger partial charge on any atom is -0.463 e. The monoisotopic (exact) mass is 293 g/mol. The van der Waals surface area contributed by atoms with Crippen LogP contribution in [0.2, 0.25) is 0 Å². The Hall–Kier alpha value is -1.59. The predicted octanol–water partition coefficient (Wildman–Crippen LogP) is 1.87. The lowest BCUT2D eigenvalue weighted by atomic mass is 9.94. The van der Waals surface area contributed by atoms with Crippen molar-refractivity contribution in [3.8, 4) is 0 Å². The van der Waals surface area contributed by atoms with E-state index < -0.39 is 0 Å². The van der Waals surface area contributed by atoms with Crippen molar-refractivity contribution in [2.45, 2.75) is 12.8 Å². The van der Waals surface area contributed by atoms with Crippen LogP contribution in [0.4, 0.5) is 5.69 Å². The molecule has 0 saturated carbocycles. The van der Waals surface area contributed by atoms with E-state index in [0.717, 1.165) is 18.5 Å². The number of nitrogens with one attached hydrogen (secondary N) is 1. The lowest BCUT2D eigenvalue weighted by molar-refractivity contribution is -0.149. The number of carbonyl (C=O) groups excluding carboxylic acids is 1. The molecule has 0 radical (unpaired) electrons. The van der Waals surface area contributed by atoms with Crippen molar-refractivity contribution in [2.75, 3.05) is 45.4 Å². The zero-order valence-corrected chi connectivity index (χ0v) is 12.5. The van der Waals surface area contributed by atoms with Crippen LogP contribution < -0.4 is 5.32 Å². The van der Waals surface area contributed by atoms with Gasteiger partial charge < -0.3 is 19.5 Å². The molecule has 5 heteroatoms. The van der Waals surface area contributed by atoms with Crippen LogP contribution in [-0.2, 0) is 25.4 Å². The largest absolute Gasteiger partial charge is 0.463 e. The van der Waals surface area contributed by atoms with Gasteiger partial charge in [0.1, 0.15) is 6.61 Å². The van der Waals surface area contributed by atoms with E-state index in [1.807, 2.05) is 24.3 Å². The van der Waals surface area contributed by atoms with Gasteiger partial charge in [0.15, 0.2) is 0 Å². The Morgan fingerprint density at radius 2 is 2.10 bits per heavy atom. The van der Waals surface area contributed by atoms with Crippen molar-refractivity contribution in [3.63, 3.8) is 0 Å². The summed E-state index contributed by atoms with van der Waals surface area (Å²) in [5.74, 6) is -0.272. The second-order valence-electron chi connectivity index (χ2n) is 5.07. The Bertz CT molecular complexity index is 450. The predicted molar refractivity (Wildman–Crippen MR) is 80.4 cm³/mol. The number of para-hydroxylation sites is 1. The molecule has 1 atom stereocenters. The second-order valence-corrected chi connectivity index (χ2v) is 5.07. The molecule has 5 nitrogen and oxygen atoms in total. The van der Waals surface area contributed by atoms with Crippen LogP contribution in [0.25, 0.3) is 0 Å². The van der Waals surface area contributed by atoms with E-state index in [2.05, 4.69) is 5.32 Å². The molecule has 1 heterocycles. The van der Waals surface area contributed by atoms with Crippen LogP contribution >= 0.6 is 0 Å². The number of ether oxygens (including phenoxy) is 3. The van der Waals surface area contributed by atoms with Crippen LogP contribution in [0.3, 0.4) is 0 Å². The molecule has 116 valence electrons. The molecular weight excluding hydrogens is 270 g/mol. The van der Waals surface area contributed by atoms with Gasteiger partial charge in [0.2, 0.25) is 0 Å². The number of fused-ring (bicyclic) bond motifs is 1. The van der Waals surface area contributed by atoms with Gasteiger partial charge in [-0.25, -0.2) is 0 Å². The van der Waals surface area contributed by atoms with Gasteiger partial charge in [-0.2, -0.15) is 0 Å². The van der Waals surface area contributed by atoms with Gasteiger partial charge in [0, 0.05) is 32.6 Å². The average Bonchev–Trinajstić information content (AvgIpc) is 2.53. The van der Waals surface area contributed by atoms with Crippen LogP contribution in [0, 0.1) is 5.92 Å². The van der Waals surface area contributed by atoms with E-state index in [1.54, 1.807) is 7.11 Å². The van der Waals surface area contributed by atoms with E-state index in [9.17, 15) is 4.79 Å². The van der Waals surface area contributed by atoms with Gasteiger partial charge in [-0.15, -0.1) is 0 Å². The highest BCUT2D eigenvalue weighted by Gasteiger charge is 2.25. The van der Waals surface area contributed by atoms with E-state index in [-0.39, 0.29) is 11.9 Å². The van der Waals surface area contributed by atoms with Crippen molar-refractivity contribution < 1.29 is 19.0 Å². The molecular formula is C16H23NO4. The summed E-state index contributed by atoms with van der Waals surface area (Å²) in [4.78, 5) is 12.0. The minimum absolute atomic E-state index is 0.117. The molecule has 0 saturated heterocycles. The standard InChI is InChI=1S/C16H23NO4/c1-19-7-4-8-20-9-10-21-16(18)14-11-13-5-2-3-6-15(13)17-12-14/h2-3,5-6,14,17H,4,7-12H2,1H3. The fourth-order valence-corrected chi connectivity index (χ4v) is 2.33. The van der Waals surface area contributed by atoms with Crippen LogP contribution in [0.15, 0.2) is 24.3 Å². The first kappa shape index (κ1) is 15.8. The highest BCUT2D eigenvalue weighted by Crippen LogP contribution is 2.24. The van der Waals surface area contributed by atoms with Crippen molar-refractivity contribution in [2.24, 2.45) is 5.92 Å². The Morgan fingerprint density at radius 3 is 2.95 bits per heavy atom. The van der Waals surface area contributed by atoms with Gasteiger partial charge in [-0.3, -0.25) is 4.79 Å². The van der Waals surface area contributed by atoms with Crippen molar-refractivity contribution in [1.29, 1.82) is 0 Å². The number of hydrogen-bond acceptors (Lipinski definition) is 5. The van der Waals surface area contributed by atoms with Crippen molar-refractivity contribution >= 4 is 11.7 Å². The zero-order chi connectivity index (χ0) is 14.9. The summed E-state index contributed by atoms with van der Waals surface area (Å²) in [5.41, 5.74) is 2.28. The van der Waals surface area contributed by atoms with E-state index in [1.165, 1.54) is 5.56 Å². The fourth-order valence-electron chi connectivity index (χ4n) is 2.33. The first-order valence-electron chi connectivity index (χ1n) is 7.36. The molecule has 1 unspecified atom stereocenters. The Kier molecular flexibility index (Phi) is 6.50. The Morgan fingerprint density at radius 1 is 1.24 bits per heavy atom. The summed E-state index contributed by atoms with van der Waals surface area (Å²) >= 11 is 0. The van der Waals surface area contributed by atoms with Crippen LogP contribution in [-0.4, -0.2) is 46.1 Å². The molecule has 1 aliphatic rings. The quantitative estimate of drug-likeness (QED) is 0.586. The first-order chi connectivity index (χ1) is 10.3. The number of anilines is 1. The summed E-state index contributed by atoms with van der Waals surface area (Å²) in [5, 5.41) is 3.27. The lowest BCUT2D eigenvalue weighted by Gasteiger charge is -2.24. The third kappa shape index (κ3) is 5.02. The van der Waals surface area contributed by atoms with Gasteiger partial charge in [-0.1, -0.05) is 18.2 Å². The molecule has 0 bridgehead atoms. The van der Waals surface area contributed by atoms with Crippen molar-refractivity contribution in [3.05, 3.63) is 29.8 Å². The molecule has 1 aromatic carbocycles. The number of rotatable bonds is 8. The van der Waals surface area contributed by atoms with Crippen LogP contribution in [0.5, 0.6) is 0 Å². The molecule has 0 amide bonds. The lowest BCUT2D eigenvalue weighted by Crippen LogP contribution is -2.31. The number of methoxy groups -OCH3 is 1. The Labute approximate surface area is 125 Å². The zero-order valence-electron chi connectivity index (χ0n) is 12.5. The summed E-state index contributed by atoms with van der Waals surface area (Å²) in [6, 6.07) is 8.05. The Balaban J connectivity index is 1.64. The maximum atomic E-state index is 12.0. The molecule has 1 N–H and O–H groups in total. The second kappa shape index (κ2) is 8.64. The summed E-state index contributed by atoms with van der Waals surface area (Å²) in [6.07, 6.45) is 1.59. The molecule has 2 rings (SSSR count). The number of hydrogen-bond donors (Lipinski definition) is 1. The van der Waals surface area contributed by atoms with Gasteiger partial charge in [0.25, 0.3) is 0 Å². The summed E-state index contributed by atoms with van der Waals surface area (Å²) in [6.45, 7) is 2.69. The van der Waals surface area contributed by atoms with Gasteiger partial charge >= 0.3 is 5.97 Å². The molecule has 0 aromatic heterocycles. The topological polar surface area (TPSA) is 56.8 Å². The third-order valence-electron chi connectivity index (χ3n) is 3.47. The first-order valence-corrected chi connectivity index (χ1v) is 7.36.